The van der Waals surface area contributed by atoms with E-state index in [-0.39, 0.29) is 5.56 Å². The van der Waals surface area contributed by atoms with Crippen LogP contribution in [0.2, 0.25) is 0 Å². The second-order valence-electron chi connectivity index (χ2n) is 5.33. The summed E-state index contributed by atoms with van der Waals surface area (Å²) in [4.78, 5) is 13.4. The SMILES string of the molecule is Cc1ccc(N(C)Cc2cccc(N)c2C(=O)O)c(C)c1. The Bertz CT molecular complexity index is 680. The number of nitrogens with two attached hydrogens (primary N) is 1. The zero-order chi connectivity index (χ0) is 15.6. The molecule has 0 atom stereocenters. The minimum absolute atomic E-state index is 0.189. The number of nitrogens with zero attached hydrogens (tertiary/aromatic N) is 1. The molecule has 110 valence electrons. The Morgan fingerprint density at radius 3 is 2.57 bits per heavy atom. The van der Waals surface area contributed by atoms with E-state index in [1.807, 2.05) is 11.9 Å². The van der Waals surface area contributed by atoms with Gasteiger partial charge in [0.05, 0.1) is 5.56 Å². The number of carbonyl (C=O) groups is 1. The predicted molar refractivity (Wildman–Crippen MR) is 85.8 cm³/mol. The van der Waals surface area contributed by atoms with Crippen molar-refractivity contribution in [1.29, 1.82) is 0 Å². The van der Waals surface area contributed by atoms with Crippen molar-refractivity contribution < 1.29 is 9.90 Å². The van der Waals surface area contributed by atoms with E-state index in [0.717, 1.165) is 5.69 Å². The van der Waals surface area contributed by atoms with Crippen molar-refractivity contribution in [2.24, 2.45) is 0 Å². The normalized spacial score (nSPS) is 10.4. The molecule has 0 saturated heterocycles. The number of nitrogen functional groups attached to an aromatic ring is 1. The lowest BCUT2D eigenvalue weighted by molar-refractivity contribution is 0.0697. The van der Waals surface area contributed by atoms with Crippen LogP contribution in [0, 0.1) is 13.8 Å². The highest BCUT2D eigenvalue weighted by molar-refractivity contribution is 5.95. The average molecular weight is 284 g/mol. The van der Waals surface area contributed by atoms with Crippen LogP contribution < -0.4 is 10.6 Å². The molecule has 0 bridgehead atoms. The fourth-order valence-electron chi connectivity index (χ4n) is 2.59. The van der Waals surface area contributed by atoms with E-state index in [1.165, 1.54) is 11.1 Å². The first-order chi connectivity index (χ1) is 9.90. The Kier molecular flexibility index (Phi) is 4.17. The first-order valence-corrected chi connectivity index (χ1v) is 6.79. The number of hydrogen-bond acceptors (Lipinski definition) is 3. The number of rotatable bonds is 4. The van der Waals surface area contributed by atoms with E-state index in [4.69, 9.17) is 5.73 Å². The summed E-state index contributed by atoms with van der Waals surface area (Å²) in [6, 6.07) is 11.4. The smallest absolute Gasteiger partial charge is 0.338 e. The summed E-state index contributed by atoms with van der Waals surface area (Å²) in [5.41, 5.74) is 10.4. The summed E-state index contributed by atoms with van der Waals surface area (Å²) in [5, 5.41) is 9.32. The molecule has 0 spiro atoms. The lowest BCUT2D eigenvalue weighted by Gasteiger charge is -2.23. The number of anilines is 2. The third kappa shape index (κ3) is 3.16. The summed E-state index contributed by atoms with van der Waals surface area (Å²) in [7, 11) is 1.95. The Hall–Kier alpha value is -2.49. The van der Waals surface area contributed by atoms with Crippen molar-refractivity contribution in [2.75, 3.05) is 17.7 Å². The minimum atomic E-state index is -0.989. The van der Waals surface area contributed by atoms with Crippen molar-refractivity contribution in [3.63, 3.8) is 0 Å². The highest BCUT2D eigenvalue weighted by Crippen LogP contribution is 2.24. The van der Waals surface area contributed by atoms with Gasteiger partial charge in [0.2, 0.25) is 0 Å². The lowest BCUT2D eigenvalue weighted by Crippen LogP contribution is -2.20. The Morgan fingerprint density at radius 2 is 1.95 bits per heavy atom. The van der Waals surface area contributed by atoms with Crippen LogP contribution in [0.4, 0.5) is 11.4 Å². The van der Waals surface area contributed by atoms with Crippen LogP contribution in [0.25, 0.3) is 0 Å². The first kappa shape index (κ1) is 14.9. The predicted octanol–water partition coefficient (Wildman–Crippen LogP) is 3.22. The molecule has 0 saturated carbocycles. The maximum absolute atomic E-state index is 11.4. The number of aryl methyl sites for hydroxylation is 2. The van der Waals surface area contributed by atoms with Gasteiger partial charge in [-0.25, -0.2) is 4.79 Å². The van der Waals surface area contributed by atoms with Crippen LogP contribution in [0.5, 0.6) is 0 Å². The minimum Gasteiger partial charge on any atom is -0.478 e. The summed E-state index contributed by atoms with van der Waals surface area (Å²) >= 11 is 0. The molecule has 21 heavy (non-hydrogen) atoms. The van der Waals surface area contributed by atoms with E-state index in [2.05, 4.69) is 32.0 Å². The van der Waals surface area contributed by atoms with Crippen molar-refractivity contribution in [2.45, 2.75) is 20.4 Å². The van der Waals surface area contributed by atoms with Crippen LogP contribution in [0.15, 0.2) is 36.4 Å². The van der Waals surface area contributed by atoms with Gasteiger partial charge in [0.25, 0.3) is 0 Å². The van der Waals surface area contributed by atoms with E-state index in [0.29, 0.717) is 17.8 Å². The number of hydrogen-bond donors (Lipinski definition) is 2. The maximum atomic E-state index is 11.4. The van der Waals surface area contributed by atoms with Crippen molar-refractivity contribution in [3.05, 3.63) is 58.7 Å². The molecule has 2 aromatic rings. The summed E-state index contributed by atoms with van der Waals surface area (Å²) in [6.45, 7) is 4.60. The molecule has 0 fully saturated rings. The molecular weight excluding hydrogens is 264 g/mol. The molecule has 2 aromatic carbocycles. The van der Waals surface area contributed by atoms with Gasteiger partial charge in [0.15, 0.2) is 0 Å². The zero-order valence-electron chi connectivity index (χ0n) is 12.6. The van der Waals surface area contributed by atoms with Gasteiger partial charge in [-0.05, 0) is 37.1 Å². The molecular formula is C17H20N2O2. The molecule has 0 aliphatic heterocycles. The zero-order valence-corrected chi connectivity index (χ0v) is 12.6. The molecule has 0 unspecified atom stereocenters. The quantitative estimate of drug-likeness (QED) is 0.846. The first-order valence-electron chi connectivity index (χ1n) is 6.79. The molecule has 4 nitrogen and oxygen atoms in total. The molecule has 0 aliphatic rings. The Morgan fingerprint density at radius 1 is 1.24 bits per heavy atom. The molecule has 3 N–H and O–H groups in total. The standard InChI is InChI=1S/C17H20N2O2/c1-11-7-8-15(12(2)9-11)19(3)10-13-5-4-6-14(18)16(13)17(20)21/h4-9H,10,18H2,1-3H3,(H,20,21). The molecule has 2 rings (SSSR count). The lowest BCUT2D eigenvalue weighted by atomic mass is 10.0. The van der Waals surface area contributed by atoms with Gasteiger partial charge < -0.3 is 15.7 Å². The van der Waals surface area contributed by atoms with Gasteiger partial charge in [-0.3, -0.25) is 0 Å². The highest BCUT2D eigenvalue weighted by atomic mass is 16.4. The molecule has 0 amide bonds. The van der Waals surface area contributed by atoms with Crippen molar-refractivity contribution in [3.8, 4) is 0 Å². The fourth-order valence-corrected chi connectivity index (χ4v) is 2.59. The van der Waals surface area contributed by atoms with Crippen LogP contribution in [0.1, 0.15) is 27.0 Å². The highest BCUT2D eigenvalue weighted by Gasteiger charge is 2.15. The second kappa shape index (κ2) is 5.87. The van der Waals surface area contributed by atoms with E-state index < -0.39 is 5.97 Å². The second-order valence-corrected chi connectivity index (χ2v) is 5.33. The fraction of sp³-hybridized carbons (Fsp3) is 0.235. The maximum Gasteiger partial charge on any atom is 0.338 e. The molecule has 0 heterocycles. The summed E-state index contributed by atoms with van der Waals surface area (Å²) < 4.78 is 0. The topological polar surface area (TPSA) is 66.6 Å². The molecule has 0 aromatic heterocycles. The van der Waals surface area contributed by atoms with Gasteiger partial charge in [0.1, 0.15) is 0 Å². The third-order valence-corrected chi connectivity index (χ3v) is 3.57. The van der Waals surface area contributed by atoms with Crippen molar-refractivity contribution >= 4 is 17.3 Å². The van der Waals surface area contributed by atoms with Crippen LogP contribution >= 0.6 is 0 Å². The molecule has 0 radical (unpaired) electrons. The Balaban J connectivity index is 2.34. The van der Waals surface area contributed by atoms with Gasteiger partial charge in [0, 0.05) is 25.0 Å². The van der Waals surface area contributed by atoms with Crippen LogP contribution in [-0.2, 0) is 6.54 Å². The number of carboxylic acid groups (broad SMARTS) is 1. The average Bonchev–Trinajstić information content (AvgIpc) is 2.37. The van der Waals surface area contributed by atoms with Crippen LogP contribution in [-0.4, -0.2) is 18.1 Å². The number of aromatic carboxylic acids is 1. The number of carboxylic acids is 1. The third-order valence-electron chi connectivity index (χ3n) is 3.57. The number of benzene rings is 2. The van der Waals surface area contributed by atoms with Crippen LogP contribution in [0.3, 0.4) is 0 Å². The van der Waals surface area contributed by atoms with Gasteiger partial charge in [-0.2, -0.15) is 0 Å². The molecule has 0 aliphatic carbocycles. The van der Waals surface area contributed by atoms with E-state index in [9.17, 15) is 9.90 Å². The van der Waals surface area contributed by atoms with Gasteiger partial charge >= 0.3 is 5.97 Å². The van der Waals surface area contributed by atoms with Gasteiger partial charge in [-0.1, -0.05) is 29.8 Å². The Labute approximate surface area is 124 Å². The molecule has 4 heteroatoms. The largest absolute Gasteiger partial charge is 0.478 e. The summed E-state index contributed by atoms with van der Waals surface area (Å²) in [6.07, 6.45) is 0. The van der Waals surface area contributed by atoms with Crippen molar-refractivity contribution in [1.82, 2.24) is 0 Å². The van der Waals surface area contributed by atoms with E-state index in [1.54, 1.807) is 18.2 Å². The van der Waals surface area contributed by atoms with E-state index >= 15 is 0 Å². The summed E-state index contributed by atoms with van der Waals surface area (Å²) in [5.74, 6) is -0.989. The van der Waals surface area contributed by atoms with Gasteiger partial charge in [-0.15, -0.1) is 0 Å². The monoisotopic (exact) mass is 284 g/mol.